The zero-order chi connectivity index (χ0) is 11.7. The normalized spacial score (nSPS) is 15.9. The smallest absolute Gasteiger partial charge is 0.256 e. The van der Waals surface area contributed by atoms with Crippen molar-refractivity contribution in [2.24, 2.45) is 0 Å². The van der Waals surface area contributed by atoms with E-state index in [0.717, 1.165) is 11.3 Å². The molecule has 0 spiro atoms. The molecule has 4 heteroatoms. The molecule has 4 nitrogen and oxygen atoms in total. The summed E-state index contributed by atoms with van der Waals surface area (Å²) in [6, 6.07) is 7.32. The average Bonchev–Trinajstić information content (AvgIpc) is 2.55. The predicted octanol–water partition coefficient (Wildman–Crippen LogP) is 1.11. The summed E-state index contributed by atoms with van der Waals surface area (Å²) in [4.78, 5) is 24.6. The lowest BCUT2D eigenvalue weighted by Crippen LogP contribution is -2.20. The highest BCUT2D eigenvalue weighted by molar-refractivity contribution is 6.33. The Balaban J connectivity index is 2.43. The van der Waals surface area contributed by atoms with Gasteiger partial charge in [-0.3, -0.25) is 9.59 Å². The Kier molecular flexibility index (Phi) is 2.48. The molecule has 2 rings (SSSR count). The van der Waals surface area contributed by atoms with Crippen LogP contribution in [0.3, 0.4) is 0 Å². The number of rotatable bonds is 1. The number of nitrogens with zero attached hydrogens (tertiary/aromatic N) is 1. The number of amides is 2. The average molecular weight is 216 g/mol. The Morgan fingerprint density at radius 2 is 2.00 bits per heavy atom. The molecule has 1 aromatic rings. The highest BCUT2D eigenvalue weighted by atomic mass is 16.2. The van der Waals surface area contributed by atoms with Gasteiger partial charge >= 0.3 is 0 Å². The van der Waals surface area contributed by atoms with Crippen LogP contribution in [-0.2, 0) is 9.59 Å². The van der Waals surface area contributed by atoms with Crippen LogP contribution in [0, 0.1) is 0 Å². The number of nitrogens with one attached hydrogen (secondary N) is 1. The lowest BCUT2D eigenvalue weighted by Gasteiger charge is -2.06. The third-order valence-electron chi connectivity index (χ3n) is 2.42. The molecule has 1 aromatic carbocycles. The van der Waals surface area contributed by atoms with Gasteiger partial charge in [-0.25, -0.2) is 0 Å². The maximum atomic E-state index is 11.6. The van der Waals surface area contributed by atoms with Crippen molar-refractivity contribution in [3.05, 3.63) is 35.9 Å². The quantitative estimate of drug-likeness (QED) is 0.715. The van der Waals surface area contributed by atoms with Crippen LogP contribution in [0.5, 0.6) is 0 Å². The summed E-state index contributed by atoms with van der Waals surface area (Å²) < 4.78 is 0. The molecule has 0 fully saturated rings. The zero-order valence-corrected chi connectivity index (χ0v) is 9.15. The van der Waals surface area contributed by atoms with Crippen LogP contribution in [0.15, 0.2) is 30.3 Å². The van der Waals surface area contributed by atoms with E-state index < -0.39 is 0 Å². The monoisotopic (exact) mass is 216 g/mol. The largest absolute Gasteiger partial charge is 0.345 e. The van der Waals surface area contributed by atoms with Crippen LogP contribution < -0.4 is 5.32 Å². The minimum atomic E-state index is -0.226. The lowest BCUT2D eigenvalue weighted by atomic mass is 10.1. The van der Waals surface area contributed by atoms with E-state index >= 15 is 0 Å². The van der Waals surface area contributed by atoms with Crippen LogP contribution >= 0.6 is 0 Å². The van der Waals surface area contributed by atoms with E-state index in [1.807, 2.05) is 24.3 Å². The zero-order valence-electron chi connectivity index (χ0n) is 9.15. The van der Waals surface area contributed by atoms with Gasteiger partial charge in [0.2, 0.25) is 5.91 Å². The van der Waals surface area contributed by atoms with Gasteiger partial charge in [0.05, 0.1) is 5.57 Å². The second-order valence-electron chi connectivity index (χ2n) is 3.79. The highest BCUT2D eigenvalue weighted by Crippen LogP contribution is 2.30. The number of anilines is 1. The summed E-state index contributed by atoms with van der Waals surface area (Å²) in [6.45, 7) is 0. The molecule has 1 aliphatic heterocycles. The molecule has 16 heavy (non-hydrogen) atoms. The number of hydrogen-bond acceptors (Lipinski definition) is 2. The molecule has 0 atom stereocenters. The molecule has 82 valence electrons. The second kappa shape index (κ2) is 3.81. The number of benzene rings is 1. The number of carbonyl (C=O) groups excluding carboxylic acids is 2. The third-order valence-corrected chi connectivity index (χ3v) is 2.42. The van der Waals surface area contributed by atoms with Crippen molar-refractivity contribution in [1.29, 1.82) is 0 Å². The van der Waals surface area contributed by atoms with Crippen molar-refractivity contribution in [3.8, 4) is 0 Å². The van der Waals surface area contributed by atoms with Crippen molar-refractivity contribution >= 4 is 23.1 Å². The highest BCUT2D eigenvalue weighted by Gasteiger charge is 2.24. The summed E-state index contributed by atoms with van der Waals surface area (Å²) in [7, 11) is 3.30. The number of fused-ring (bicyclic) bond motifs is 1. The first-order valence-electron chi connectivity index (χ1n) is 4.93. The molecule has 0 saturated heterocycles. The predicted molar refractivity (Wildman–Crippen MR) is 61.7 cm³/mol. The Morgan fingerprint density at radius 1 is 1.31 bits per heavy atom. The Bertz CT molecular complexity index is 490. The van der Waals surface area contributed by atoms with E-state index in [1.54, 1.807) is 14.1 Å². The number of likely N-dealkylation sites (N-methyl/N-ethyl adjacent to an activating group) is 1. The van der Waals surface area contributed by atoms with Crippen molar-refractivity contribution in [1.82, 2.24) is 4.90 Å². The van der Waals surface area contributed by atoms with Crippen LogP contribution in [0.2, 0.25) is 0 Å². The summed E-state index contributed by atoms with van der Waals surface area (Å²) >= 11 is 0. The van der Waals surface area contributed by atoms with Crippen LogP contribution in [0.1, 0.15) is 5.56 Å². The van der Waals surface area contributed by atoms with E-state index in [1.165, 1.54) is 11.0 Å². The molecule has 1 aliphatic rings. The Morgan fingerprint density at radius 3 is 2.69 bits per heavy atom. The molecule has 0 aromatic heterocycles. The van der Waals surface area contributed by atoms with Gasteiger partial charge in [-0.15, -0.1) is 0 Å². The maximum absolute atomic E-state index is 11.6. The number of para-hydroxylation sites is 1. The van der Waals surface area contributed by atoms with Crippen LogP contribution in [0.4, 0.5) is 5.69 Å². The van der Waals surface area contributed by atoms with Gasteiger partial charge in [-0.2, -0.15) is 0 Å². The summed E-state index contributed by atoms with van der Waals surface area (Å²) in [5, 5.41) is 2.71. The number of hydrogen-bond donors (Lipinski definition) is 1. The fraction of sp³-hybridized carbons (Fsp3) is 0.167. The second-order valence-corrected chi connectivity index (χ2v) is 3.79. The molecular formula is C12H12N2O2. The molecule has 1 heterocycles. The van der Waals surface area contributed by atoms with E-state index in [0.29, 0.717) is 5.57 Å². The summed E-state index contributed by atoms with van der Waals surface area (Å²) in [5.41, 5.74) is 1.96. The molecule has 0 unspecified atom stereocenters. The minimum absolute atomic E-state index is 0.193. The van der Waals surface area contributed by atoms with Crippen LogP contribution in [-0.4, -0.2) is 30.8 Å². The van der Waals surface area contributed by atoms with Gasteiger partial charge < -0.3 is 10.2 Å². The van der Waals surface area contributed by atoms with Gasteiger partial charge in [0.1, 0.15) is 0 Å². The minimum Gasteiger partial charge on any atom is -0.345 e. The van der Waals surface area contributed by atoms with E-state index in [4.69, 9.17) is 0 Å². The molecule has 0 radical (unpaired) electrons. The fourth-order valence-corrected chi connectivity index (χ4v) is 1.53. The number of carbonyl (C=O) groups is 2. The topological polar surface area (TPSA) is 49.4 Å². The van der Waals surface area contributed by atoms with Crippen molar-refractivity contribution in [2.75, 3.05) is 19.4 Å². The third kappa shape index (κ3) is 1.69. The fourth-order valence-electron chi connectivity index (χ4n) is 1.53. The van der Waals surface area contributed by atoms with Crippen molar-refractivity contribution in [2.45, 2.75) is 0 Å². The lowest BCUT2D eigenvalue weighted by molar-refractivity contribution is -0.123. The van der Waals surface area contributed by atoms with E-state index in [-0.39, 0.29) is 11.8 Å². The summed E-state index contributed by atoms with van der Waals surface area (Å²) in [6.07, 6.45) is 1.36. The SMILES string of the molecule is CN(C)C(=O)C=C1C(=O)Nc2ccccc21. The Labute approximate surface area is 93.6 Å². The van der Waals surface area contributed by atoms with Gasteiger partial charge in [0.25, 0.3) is 5.91 Å². The Hall–Kier alpha value is -2.10. The molecule has 0 bridgehead atoms. The van der Waals surface area contributed by atoms with E-state index in [9.17, 15) is 9.59 Å². The van der Waals surface area contributed by atoms with Gasteiger partial charge in [-0.1, -0.05) is 18.2 Å². The molecule has 2 amide bonds. The van der Waals surface area contributed by atoms with Gasteiger partial charge in [0, 0.05) is 31.4 Å². The first-order valence-corrected chi connectivity index (χ1v) is 4.93. The molecule has 0 aliphatic carbocycles. The van der Waals surface area contributed by atoms with Crippen LogP contribution in [0.25, 0.3) is 5.57 Å². The first kappa shape index (κ1) is 10.4. The summed E-state index contributed by atoms with van der Waals surface area (Å²) in [5.74, 6) is -0.418. The molecule has 0 saturated carbocycles. The molecular weight excluding hydrogens is 204 g/mol. The van der Waals surface area contributed by atoms with Crippen molar-refractivity contribution < 1.29 is 9.59 Å². The van der Waals surface area contributed by atoms with Gasteiger partial charge in [0.15, 0.2) is 0 Å². The van der Waals surface area contributed by atoms with Crippen molar-refractivity contribution in [3.63, 3.8) is 0 Å². The maximum Gasteiger partial charge on any atom is 0.256 e. The van der Waals surface area contributed by atoms with E-state index in [2.05, 4.69) is 5.32 Å². The first-order chi connectivity index (χ1) is 7.59. The standard InChI is InChI=1S/C12H12N2O2/c1-14(2)11(15)7-9-8-5-3-4-6-10(8)13-12(9)16/h3-7H,1-2H3,(H,13,16). The van der Waals surface area contributed by atoms with Gasteiger partial charge in [-0.05, 0) is 6.07 Å². The molecule has 1 N–H and O–H groups in total.